The van der Waals surface area contributed by atoms with Gasteiger partial charge in [0.2, 0.25) is 0 Å². The maximum absolute atomic E-state index is 9.81. The van der Waals surface area contributed by atoms with E-state index in [9.17, 15) is 5.26 Å². The van der Waals surface area contributed by atoms with E-state index in [-0.39, 0.29) is 0 Å². The van der Waals surface area contributed by atoms with Gasteiger partial charge < -0.3 is 0 Å². The second kappa shape index (κ2) is 14.2. The molecule has 1 aliphatic rings. The minimum absolute atomic E-state index is 0.429. The van der Waals surface area contributed by atoms with Crippen molar-refractivity contribution in [3.05, 3.63) is 198 Å². The average Bonchev–Trinajstić information content (AvgIpc) is 3.53. The van der Waals surface area contributed by atoms with Gasteiger partial charge in [0, 0.05) is 39.3 Å². The standard InChI is InChI=1S/C53H34N6/c1-53(2)45-30-39(22-23-44(45)49-46(53)25-33(32-54)26-48(49)55-3)41-27-42(40-21-18-36-15-10-24-56-47(36)31-40)29-43(28-41)52-58-50(37-13-8-5-9-14-37)57-51(59-52)38-19-16-35(17-20-38)34-11-6-4-7-12-34/h4-31H,1-2H3. The smallest absolute Gasteiger partial charge is 0.196 e. The Morgan fingerprint density at radius 1 is 0.508 bits per heavy atom. The number of benzene rings is 7. The molecule has 0 amide bonds. The zero-order chi connectivity index (χ0) is 40.1. The highest BCUT2D eigenvalue weighted by Crippen LogP contribution is 2.53. The first-order chi connectivity index (χ1) is 28.9. The molecule has 59 heavy (non-hydrogen) atoms. The van der Waals surface area contributed by atoms with Crippen molar-refractivity contribution in [2.75, 3.05) is 0 Å². The van der Waals surface area contributed by atoms with Gasteiger partial charge in [0.25, 0.3) is 0 Å². The Bertz CT molecular complexity index is 3190. The Labute approximate surface area is 342 Å². The lowest BCUT2D eigenvalue weighted by atomic mass is 9.81. The first kappa shape index (κ1) is 35.4. The second-order valence-electron chi connectivity index (χ2n) is 15.4. The summed E-state index contributed by atoms with van der Waals surface area (Å²) in [6.07, 6.45) is 1.82. The lowest BCUT2D eigenvalue weighted by Gasteiger charge is -2.22. The van der Waals surface area contributed by atoms with Crippen molar-refractivity contribution in [3.8, 4) is 84.7 Å². The van der Waals surface area contributed by atoms with E-state index in [0.29, 0.717) is 28.7 Å². The van der Waals surface area contributed by atoms with Crippen LogP contribution >= 0.6 is 0 Å². The fourth-order valence-electron chi connectivity index (χ4n) is 8.29. The van der Waals surface area contributed by atoms with Crippen LogP contribution in [0.3, 0.4) is 0 Å². The van der Waals surface area contributed by atoms with Gasteiger partial charge in [-0.3, -0.25) is 4.98 Å². The number of aromatic nitrogens is 4. The van der Waals surface area contributed by atoms with E-state index in [1.54, 1.807) is 6.07 Å². The Hall–Kier alpha value is -8.06. The maximum atomic E-state index is 9.81. The molecule has 6 heteroatoms. The summed E-state index contributed by atoms with van der Waals surface area (Å²) in [5.41, 5.74) is 14.4. The Balaban J connectivity index is 1.16. The number of hydrogen-bond acceptors (Lipinski definition) is 5. The van der Waals surface area contributed by atoms with Crippen molar-refractivity contribution in [2.24, 2.45) is 0 Å². The van der Waals surface area contributed by atoms with Crippen molar-refractivity contribution in [2.45, 2.75) is 19.3 Å². The highest BCUT2D eigenvalue weighted by molar-refractivity contribution is 5.93. The minimum Gasteiger partial charge on any atom is -0.256 e. The first-order valence-corrected chi connectivity index (χ1v) is 19.5. The third kappa shape index (κ3) is 6.30. The fourth-order valence-corrected chi connectivity index (χ4v) is 8.29. The summed E-state index contributed by atoms with van der Waals surface area (Å²) in [5, 5.41) is 10.9. The summed E-state index contributed by atoms with van der Waals surface area (Å²) in [6.45, 7) is 12.3. The van der Waals surface area contributed by atoms with Gasteiger partial charge in [0.05, 0.1) is 18.2 Å². The van der Waals surface area contributed by atoms with Crippen molar-refractivity contribution >= 4 is 16.6 Å². The molecule has 0 saturated heterocycles. The summed E-state index contributed by atoms with van der Waals surface area (Å²) >= 11 is 0. The molecular formula is C53H34N6. The fraction of sp³-hybridized carbons (Fsp3) is 0.0566. The molecule has 276 valence electrons. The molecule has 0 aliphatic heterocycles. The molecule has 0 bridgehead atoms. The predicted molar refractivity (Wildman–Crippen MR) is 236 cm³/mol. The van der Waals surface area contributed by atoms with Gasteiger partial charge in [-0.1, -0.05) is 129 Å². The molecule has 1 aliphatic carbocycles. The normalized spacial score (nSPS) is 12.3. The highest BCUT2D eigenvalue weighted by atomic mass is 15.0. The van der Waals surface area contributed by atoms with Crippen LogP contribution in [0.4, 0.5) is 5.69 Å². The van der Waals surface area contributed by atoms with Gasteiger partial charge in [-0.05, 0) is 104 Å². The van der Waals surface area contributed by atoms with E-state index in [1.165, 1.54) is 0 Å². The molecule has 0 N–H and O–H groups in total. The molecule has 9 aromatic rings. The highest BCUT2D eigenvalue weighted by Gasteiger charge is 2.37. The molecule has 0 saturated carbocycles. The van der Waals surface area contributed by atoms with Gasteiger partial charge in [0.1, 0.15) is 0 Å². The molecule has 7 aromatic carbocycles. The van der Waals surface area contributed by atoms with Gasteiger partial charge in [-0.25, -0.2) is 19.8 Å². The SMILES string of the molecule is [C-]#[N+]c1cc(C#N)cc2c1-c1ccc(-c3cc(-c4ccc5cccnc5c4)cc(-c4nc(-c5ccccc5)nc(-c5ccc(-c6ccccc6)cc5)n4)c3)cc1C2(C)C. The van der Waals surface area contributed by atoms with Gasteiger partial charge in [-0.2, -0.15) is 5.26 Å². The van der Waals surface area contributed by atoms with Crippen LogP contribution in [0.5, 0.6) is 0 Å². The van der Waals surface area contributed by atoms with Crippen molar-refractivity contribution in [3.63, 3.8) is 0 Å². The summed E-state index contributed by atoms with van der Waals surface area (Å²) < 4.78 is 0. The molecule has 10 rings (SSSR count). The quantitative estimate of drug-likeness (QED) is 0.158. The summed E-state index contributed by atoms with van der Waals surface area (Å²) in [5.74, 6) is 1.73. The van der Waals surface area contributed by atoms with Crippen LogP contribution < -0.4 is 0 Å². The van der Waals surface area contributed by atoms with Crippen LogP contribution in [0.1, 0.15) is 30.5 Å². The summed E-state index contributed by atoms with van der Waals surface area (Å²) in [6, 6.07) is 58.0. The molecule has 0 radical (unpaired) electrons. The lowest BCUT2D eigenvalue weighted by molar-refractivity contribution is 0.660. The number of hydrogen-bond donors (Lipinski definition) is 0. The summed E-state index contributed by atoms with van der Waals surface area (Å²) in [7, 11) is 0. The van der Waals surface area contributed by atoms with Crippen LogP contribution in [-0.4, -0.2) is 19.9 Å². The second-order valence-corrected chi connectivity index (χ2v) is 15.4. The number of fused-ring (bicyclic) bond motifs is 4. The average molecular weight is 755 g/mol. The van der Waals surface area contributed by atoms with Crippen LogP contribution in [0.2, 0.25) is 0 Å². The number of rotatable bonds is 6. The van der Waals surface area contributed by atoms with Gasteiger partial charge in [-0.15, -0.1) is 0 Å². The number of nitriles is 1. The molecule has 0 unspecified atom stereocenters. The van der Waals surface area contributed by atoms with E-state index in [0.717, 1.165) is 83.2 Å². The topological polar surface area (TPSA) is 79.7 Å². The Morgan fingerprint density at radius 3 is 1.75 bits per heavy atom. The number of nitrogens with zero attached hydrogens (tertiary/aromatic N) is 6. The first-order valence-electron chi connectivity index (χ1n) is 19.5. The van der Waals surface area contributed by atoms with Crippen LogP contribution in [0.25, 0.3) is 94.4 Å². The molecule has 2 heterocycles. The molecule has 2 aromatic heterocycles. The Morgan fingerprint density at radius 2 is 1.07 bits per heavy atom. The molecular weight excluding hydrogens is 721 g/mol. The van der Waals surface area contributed by atoms with E-state index in [4.69, 9.17) is 21.5 Å². The molecule has 0 spiro atoms. The molecule has 0 atom stereocenters. The predicted octanol–water partition coefficient (Wildman–Crippen LogP) is 13.2. The van der Waals surface area contributed by atoms with Crippen molar-refractivity contribution in [1.29, 1.82) is 5.26 Å². The van der Waals surface area contributed by atoms with Gasteiger partial charge >= 0.3 is 0 Å². The van der Waals surface area contributed by atoms with E-state index < -0.39 is 5.41 Å². The monoisotopic (exact) mass is 754 g/mol. The third-order valence-electron chi connectivity index (χ3n) is 11.4. The molecule has 0 fully saturated rings. The lowest BCUT2D eigenvalue weighted by Crippen LogP contribution is -2.15. The van der Waals surface area contributed by atoms with Crippen LogP contribution in [0.15, 0.2) is 170 Å². The summed E-state index contributed by atoms with van der Waals surface area (Å²) in [4.78, 5) is 23.9. The van der Waals surface area contributed by atoms with E-state index in [2.05, 4.69) is 127 Å². The van der Waals surface area contributed by atoms with Crippen molar-refractivity contribution < 1.29 is 0 Å². The largest absolute Gasteiger partial charge is 0.256 e. The minimum atomic E-state index is -0.429. The van der Waals surface area contributed by atoms with Crippen LogP contribution in [0, 0.1) is 17.9 Å². The van der Waals surface area contributed by atoms with Crippen molar-refractivity contribution in [1.82, 2.24) is 19.9 Å². The molecule has 6 nitrogen and oxygen atoms in total. The maximum Gasteiger partial charge on any atom is 0.196 e. The Kier molecular flexibility index (Phi) is 8.48. The zero-order valence-corrected chi connectivity index (χ0v) is 32.3. The van der Waals surface area contributed by atoms with Crippen LogP contribution in [-0.2, 0) is 5.41 Å². The van der Waals surface area contributed by atoms with Gasteiger partial charge in [0.15, 0.2) is 23.2 Å². The number of pyridine rings is 1. The van der Waals surface area contributed by atoms with E-state index in [1.807, 2.05) is 66.9 Å². The van der Waals surface area contributed by atoms with E-state index >= 15 is 0 Å². The third-order valence-corrected chi connectivity index (χ3v) is 11.4. The zero-order valence-electron chi connectivity index (χ0n) is 32.3.